The zero-order valence-corrected chi connectivity index (χ0v) is 18.2. The highest BCUT2D eigenvalue weighted by molar-refractivity contribution is 5.95. The Balaban J connectivity index is 1.97. The Bertz CT molecular complexity index is 1170. The highest BCUT2D eigenvalue weighted by Crippen LogP contribution is 2.27. The molecule has 4 aromatic heterocycles. The van der Waals surface area contributed by atoms with Crippen LogP contribution < -0.4 is 11.1 Å². The molecule has 0 radical (unpaired) electrons. The first-order chi connectivity index (χ1) is 14.7. The van der Waals surface area contributed by atoms with Crippen molar-refractivity contribution in [2.24, 2.45) is 0 Å². The van der Waals surface area contributed by atoms with Gasteiger partial charge in [-0.3, -0.25) is 18.4 Å². The summed E-state index contributed by atoms with van der Waals surface area (Å²) in [5, 5.41) is 1.30. The van der Waals surface area contributed by atoms with Crippen LogP contribution >= 0.6 is 0 Å². The molecule has 0 fully saturated rings. The molecule has 4 aromatic rings. The highest BCUT2D eigenvalue weighted by atomic mass is 16.1. The van der Waals surface area contributed by atoms with E-state index in [0.717, 1.165) is 60.7 Å². The van der Waals surface area contributed by atoms with Crippen molar-refractivity contribution in [3.8, 4) is 0 Å². The summed E-state index contributed by atoms with van der Waals surface area (Å²) in [5.74, 6) is 0. The number of fused-ring (bicyclic) bond motifs is 3. The Morgan fingerprint density at radius 1 is 0.633 bits per heavy atom. The van der Waals surface area contributed by atoms with Gasteiger partial charge in [-0.2, -0.15) is 0 Å². The molecule has 0 saturated carbocycles. The number of aromatic nitrogens is 2. The van der Waals surface area contributed by atoms with Crippen LogP contribution in [-0.2, 0) is 12.8 Å². The van der Waals surface area contributed by atoms with Crippen molar-refractivity contribution < 1.29 is 0 Å². The smallest absolute Gasteiger partial charge is 0.263 e. The van der Waals surface area contributed by atoms with Crippen LogP contribution in [0.25, 0.3) is 21.8 Å². The number of pyridine rings is 2. The molecular formula is C26H32N2O2. The third-order valence-corrected chi connectivity index (χ3v) is 6.40. The lowest BCUT2D eigenvalue weighted by molar-refractivity contribution is 0.667. The first kappa shape index (κ1) is 20.6. The monoisotopic (exact) mass is 404 g/mol. The first-order valence-corrected chi connectivity index (χ1v) is 11.6. The third kappa shape index (κ3) is 3.53. The van der Waals surface area contributed by atoms with Crippen molar-refractivity contribution in [3.05, 3.63) is 68.5 Å². The minimum Gasteiger partial charge on any atom is -0.283 e. The summed E-state index contributed by atoms with van der Waals surface area (Å²) < 4.78 is 3.51. The van der Waals surface area contributed by atoms with Crippen LogP contribution in [0.4, 0.5) is 0 Å². The van der Waals surface area contributed by atoms with E-state index in [9.17, 15) is 9.59 Å². The second-order valence-electron chi connectivity index (χ2n) is 8.47. The second kappa shape index (κ2) is 9.03. The van der Waals surface area contributed by atoms with E-state index in [1.165, 1.54) is 25.7 Å². The van der Waals surface area contributed by atoms with Crippen LogP contribution in [0, 0.1) is 0 Å². The van der Waals surface area contributed by atoms with Crippen LogP contribution in [0.5, 0.6) is 0 Å². The fourth-order valence-electron chi connectivity index (χ4n) is 4.84. The van der Waals surface area contributed by atoms with Crippen molar-refractivity contribution >= 4 is 21.8 Å². The molecular weight excluding hydrogens is 372 g/mol. The maximum Gasteiger partial charge on any atom is 0.263 e. The van der Waals surface area contributed by atoms with Gasteiger partial charge in [0.15, 0.2) is 0 Å². The van der Waals surface area contributed by atoms with Crippen LogP contribution in [0.1, 0.15) is 76.3 Å². The molecule has 0 N–H and O–H groups in total. The minimum absolute atomic E-state index is 0.0476. The summed E-state index contributed by atoms with van der Waals surface area (Å²) in [7, 11) is 0. The van der Waals surface area contributed by atoms with Crippen LogP contribution in [0.15, 0.2) is 46.2 Å². The Hall–Kier alpha value is -2.62. The first-order valence-electron chi connectivity index (χ1n) is 11.6. The topological polar surface area (TPSA) is 43.0 Å². The molecule has 0 aliphatic heterocycles. The zero-order valence-electron chi connectivity index (χ0n) is 18.2. The molecule has 30 heavy (non-hydrogen) atoms. The lowest BCUT2D eigenvalue weighted by Crippen LogP contribution is -2.23. The standard InChI is InChI=1S/C26H32N2O2/c1-3-5-7-9-13-19-21-15-11-17-27(21)26(30)24-20(14-10-8-6-4-2)22-16-12-18-28(22)25(29)23(19)24/h11-12,15-18H,3-10,13-14H2,1-2H3. The van der Waals surface area contributed by atoms with Gasteiger partial charge in [0, 0.05) is 12.4 Å². The maximum absolute atomic E-state index is 13.5. The summed E-state index contributed by atoms with van der Waals surface area (Å²) in [6.45, 7) is 4.41. The van der Waals surface area contributed by atoms with Crippen LogP contribution in [0.3, 0.4) is 0 Å². The van der Waals surface area contributed by atoms with E-state index in [4.69, 9.17) is 0 Å². The molecule has 4 heteroatoms. The number of hydrogen-bond acceptors (Lipinski definition) is 2. The number of aryl methyl sites for hydroxylation is 2. The maximum atomic E-state index is 13.5. The molecule has 4 nitrogen and oxygen atoms in total. The lowest BCUT2D eigenvalue weighted by Gasteiger charge is -2.14. The van der Waals surface area contributed by atoms with Gasteiger partial charge in [0.2, 0.25) is 0 Å². The summed E-state index contributed by atoms with van der Waals surface area (Å²) in [5.41, 5.74) is 3.78. The summed E-state index contributed by atoms with van der Waals surface area (Å²) in [4.78, 5) is 27.0. The van der Waals surface area contributed by atoms with Gasteiger partial charge in [-0.05, 0) is 61.1 Å². The van der Waals surface area contributed by atoms with Gasteiger partial charge in [-0.25, -0.2) is 0 Å². The van der Waals surface area contributed by atoms with Gasteiger partial charge >= 0.3 is 0 Å². The predicted octanol–water partition coefficient (Wildman–Crippen LogP) is 5.75. The average Bonchev–Trinajstić information content (AvgIpc) is 3.42. The summed E-state index contributed by atoms with van der Waals surface area (Å²) in [6, 6.07) is 7.80. The van der Waals surface area contributed by atoms with Crippen molar-refractivity contribution in [3.63, 3.8) is 0 Å². The van der Waals surface area contributed by atoms with E-state index >= 15 is 0 Å². The molecule has 0 aliphatic carbocycles. The third-order valence-electron chi connectivity index (χ3n) is 6.40. The predicted molar refractivity (Wildman–Crippen MR) is 125 cm³/mol. The molecule has 0 saturated heterocycles. The van der Waals surface area contributed by atoms with E-state index in [-0.39, 0.29) is 11.1 Å². The van der Waals surface area contributed by atoms with E-state index in [2.05, 4.69) is 13.8 Å². The van der Waals surface area contributed by atoms with E-state index in [1.54, 1.807) is 8.80 Å². The van der Waals surface area contributed by atoms with E-state index in [1.807, 2.05) is 36.7 Å². The Kier molecular flexibility index (Phi) is 6.21. The molecule has 0 aliphatic rings. The Labute approximate surface area is 177 Å². The highest BCUT2D eigenvalue weighted by Gasteiger charge is 2.21. The van der Waals surface area contributed by atoms with Gasteiger partial charge in [0.25, 0.3) is 11.1 Å². The molecule has 4 rings (SSSR count). The molecule has 0 unspecified atom stereocenters. The molecule has 0 amide bonds. The largest absolute Gasteiger partial charge is 0.283 e. The minimum atomic E-state index is -0.0476. The van der Waals surface area contributed by atoms with Gasteiger partial charge in [0.1, 0.15) is 0 Å². The van der Waals surface area contributed by atoms with Crippen molar-refractivity contribution in [2.75, 3.05) is 0 Å². The normalized spacial score (nSPS) is 11.9. The van der Waals surface area contributed by atoms with Gasteiger partial charge < -0.3 is 0 Å². The Morgan fingerprint density at radius 3 is 1.47 bits per heavy atom. The molecule has 158 valence electrons. The van der Waals surface area contributed by atoms with Crippen molar-refractivity contribution in [1.82, 2.24) is 8.80 Å². The quantitative estimate of drug-likeness (QED) is 0.316. The average molecular weight is 405 g/mol. The lowest BCUT2D eigenvalue weighted by atomic mass is 9.95. The molecule has 0 bridgehead atoms. The number of unbranched alkanes of at least 4 members (excludes halogenated alkanes) is 6. The fraction of sp³-hybridized carbons (Fsp3) is 0.462. The molecule has 0 spiro atoms. The fourth-order valence-corrected chi connectivity index (χ4v) is 4.84. The molecule has 4 heterocycles. The number of nitrogens with zero attached hydrogens (tertiary/aromatic N) is 2. The van der Waals surface area contributed by atoms with Crippen molar-refractivity contribution in [2.45, 2.75) is 78.1 Å². The molecule has 0 aromatic carbocycles. The SMILES string of the molecule is CCCCCCc1c2c(=O)n3cccc3c(CCCCCC)c2c(=O)n2cccc12. The van der Waals surface area contributed by atoms with Crippen LogP contribution in [-0.4, -0.2) is 8.80 Å². The van der Waals surface area contributed by atoms with Gasteiger partial charge in [-0.1, -0.05) is 52.4 Å². The van der Waals surface area contributed by atoms with Crippen LogP contribution in [0.2, 0.25) is 0 Å². The number of hydrogen-bond donors (Lipinski definition) is 0. The van der Waals surface area contributed by atoms with Crippen molar-refractivity contribution in [1.29, 1.82) is 0 Å². The van der Waals surface area contributed by atoms with Gasteiger partial charge in [0.05, 0.1) is 21.8 Å². The Morgan fingerprint density at radius 2 is 1.07 bits per heavy atom. The zero-order chi connectivity index (χ0) is 21.1. The number of rotatable bonds is 10. The molecule has 0 atom stereocenters. The summed E-state index contributed by atoms with van der Waals surface area (Å²) in [6.07, 6.45) is 14.5. The summed E-state index contributed by atoms with van der Waals surface area (Å²) >= 11 is 0. The second-order valence-corrected chi connectivity index (χ2v) is 8.47. The van der Waals surface area contributed by atoms with E-state index < -0.39 is 0 Å². The van der Waals surface area contributed by atoms with E-state index in [0.29, 0.717) is 10.8 Å². The van der Waals surface area contributed by atoms with Gasteiger partial charge in [-0.15, -0.1) is 0 Å².